The molecule has 3 heteroatoms. The van der Waals surface area contributed by atoms with Crippen LogP contribution in [0.2, 0.25) is 5.02 Å². The molecule has 0 spiro atoms. The second-order valence-corrected chi connectivity index (χ2v) is 6.40. The molecule has 1 N–H and O–H groups in total. The SMILES string of the molecule is CC1CCC(C#N)(C(C)(O)c2cccc(Cl)c2)CC1. The lowest BCUT2D eigenvalue weighted by atomic mass is 9.61. The zero-order valence-corrected chi connectivity index (χ0v) is 12.2. The zero-order chi connectivity index (χ0) is 14.1. The molecule has 0 aliphatic heterocycles. The van der Waals surface area contributed by atoms with Crippen molar-refractivity contribution in [1.29, 1.82) is 5.26 Å². The van der Waals surface area contributed by atoms with Crippen LogP contribution >= 0.6 is 11.6 Å². The van der Waals surface area contributed by atoms with E-state index in [1.807, 2.05) is 12.1 Å². The van der Waals surface area contributed by atoms with Gasteiger partial charge < -0.3 is 5.11 Å². The van der Waals surface area contributed by atoms with Crippen LogP contribution in [0.15, 0.2) is 24.3 Å². The predicted molar refractivity (Wildman–Crippen MR) is 76.7 cm³/mol. The maximum absolute atomic E-state index is 11.0. The Bertz CT molecular complexity index is 496. The van der Waals surface area contributed by atoms with Crippen LogP contribution in [0.25, 0.3) is 0 Å². The van der Waals surface area contributed by atoms with Crippen molar-refractivity contribution in [1.82, 2.24) is 0 Å². The summed E-state index contributed by atoms with van der Waals surface area (Å²) in [5, 5.41) is 21.2. The smallest absolute Gasteiger partial charge is 0.105 e. The highest BCUT2D eigenvalue weighted by atomic mass is 35.5. The fourth-order valence-electron chi connectivity index (χ4n) is 3.03. The summed E-state index contributed by atoms with van der Waals surface area (Å²) in [5.41, 5.74) is -1.13. The molecule has 1 unspecified atom stereocenters. The van der Waals surface area contributed by atoms with Gasteiger partial charge in [-0.3, -0.25) is 0 Å². The normalized spacial score (nSPS) is 30.4. The van der Waals surface area contributed by atoms with E-state index in [1.165, 1.54) is 0 Å². The second kappa shape index (κ2) is 5.15. The minimum Gasteiger partial charge on any atom is -0.384 e. The molecule has 0 aromatic heterocycles. The summed E-state index contributed by atoms with van der Waals surface area (Å²) in [6.45, 7) is 3.95. The van der Waals surface area contributed by atoms with Gasteiger partial charge in [0.15, 0.2) is 0 Å². The Labute approximate surface area is 120 Å². The molecule has 1 saturated carbocycles. The number of nitrogens with zero attached hydrogens (tertiary/aromatic N) is 1. The van der Waals surface area contributed by atoms with E-state index in [9.17, 15) is 10.4 Å². The van der Waals surface area contributed by atoms with Gasteiger partial charge in [-0.15, -0.1) is 0 Å². The third-order valence-electron chi connectivity index (χ3n) is 4.66. The first-order chi connectivity index (χ1) is 8.91. The zero-order valence-electron chi connectivity index (χ0n) is 11.5. The Kier molecular flexibility index (Phi) is 3.90. The van der Waals surface area contributed by atoms with Crippen LogP contribution in [0.1, 0.15) is 45.1 Å². The third-order valence-corrected chi connectivity index (χ3v) is 4.90. The summed E-state index contributed by atoms with van der Waals surface area (Å²) in [7, 11) is 0. The molecule has 2 nitrogen and oxygen atoms in total. The number of halogens is 1. The third kappa shape index (κ3) is 2.50. The van der Waals surface area contributed by atoms with Gasteiger partial charge in [0.2, 0.25) is 0 Å². The summed E-state index contributed by atoms with van der Waals surface area (Å²) < 4.78 is 0. The molecule has 0 saturated heterocycles. The van der Waals surface area contributed by atoms with Crippen LogP contribution in [0.3, 0.4) is 0 Å². The number of nitriles is 1. The summed E-state index contributed by atoms with van der Waals surface area (Å²) in [4.78, 5) is 0. The van der Waals surface area contributed by atoms with Gasteiger partial charge in [-0.25, -0.2) is 0 Å². The number of rotatable bonds is 2. The van der Waals surface area contributed by atoms with Crippen LogP contribution in [0.5, 0.6) is 0 Å². The van der Waals surface area contributed by atoms with Crippen molar-refractivity contribution in [3.8, 4) is 6.07 Å². The van der Waals surface area contributed by atoms with Gasteiger partial charge in [0.1, 0.15) is 5.60 Å². The monoisotopic (exact) mass is 277 g/mol. The minimum atomic E-state index is -1.16. The molecule has 1 fully saturated rings. The molecule has 0 radical (unpaired) electrons. The molecule has 102 valence electrons. The Morgan fingerprint density at radius 3 is 2.58 bits per heavy atom. The van der Waals surface area contributed by atoms with Crippen molar-refractivity contribution in [2.45, 2.75) is 45.1 Å². The molecular formula is C16H20ClNO. The second-order valence-electron chi connectivity index (χ2n) is 5.96. The Balaban J connectivity index is 2.39. The predicted octanol–water partition coefficient (Wildman–Crippen LogP) is 4.27. The average molecular weight is 278 g/mol. The lowest BCUT2D eigenvalue weighted by Gasteiger charge is -2.44. The first kappa shape index (κ1) is 14.4. The molecule has 1 aromatic rings. The number of aliphatic hydroxyl groups is 1. The van der Waals surface area contributed by atoms with Crippen molar-refractivity contribution >= 4 is 11.6 Å². The quantitative estimate of drug-likeness (QED) is 0.877. The standard InChI is InChI=1S/C16H20ClNO/c1-12-6-8-16(11-18,9-7-12)15(2,19)13-4-3-5-14(17)10-13/h3-5,10,12,19H,6-9H2,1-2H3. The Morgan fingerprint density at radius 2 is 2.05 bits per heavy atom. The van der Waals surface area contributed by atoms with Crippen LogP contribution in [0.4, 0.5) is 0 Å². The van der Waals surface area contributed by atoms with Crippen molar-refractivity contribution in [3.05, 3.63) is 34.9 Å². The lowest BCUT2D eigenvalue weighted by Crippen LogP contribution is -2.45. The summed E-state index contributed by atoms with van der Waals surface area (Å²) in [6.07, 6.45) is 3.46. The maximum atomic E-state index is 11.0. The fraction of sp³-hybridized carbons (Fsp3) is 0.562. The van der Waals surface area contributed by atoms with Crippen LogP contribution in [-0.2, 0) is 5.60 Å². The van der Waals surface area contributed by atoms with Crippen molar-refractivity contribution < 1.29 is 5.11 Å². The number of hydrogen-bond acceptors (Lipinski definition) is 2. The first-order valence-electron chi connectivity index (χ1n) is 6.81. The number of benzene rings is 1. The van der Waals surface area contributed by atoms with Crippen LogP contribution < -0.4 is 0 Å². The number of hydrogen-bond donors (Lipinski definition) is 1. The topological polar surface area (TPSA) is 44.0 Å². The Morgan fingerprint density at radius 1 is 1.42 bits per heavy atom. The molecule has 0 heterocycles. The van der Waals surface area contributed by atoms with E-state index in [0.717, 1.165) is 31.2 Å². The van der Waals surface area contributed by atoms with Gasteiger partial charge in [-0.1, -0.05) is 30.7 Å². The van der Waals surface area contributed by atoms with Gasteiger partial charge >= 0.3 is 0 Å². The van der Waals surface area contributed by atoms with E-state index < -0.39 is 11.0 Å². The van der Waals surface area contributed by atoms with Crippen LogP contribution in [-0.4, -0.2) is 5.11 Å². The van der Waals surface area contributed by atoms with E-state index >= 15 is 0 Å². The first-order valence-corrected chi connectivity index (χ1v) is 7.19. The van der Waals surface area contributed by atoms with E-state index in [-0.39, 0.29) is 0 Å². The van der Waals surface area contributed by atoms with Crippen molar-refractivity contribution in [2.24, 2.45) is 11.3 Å². The molecule has 1 aromatic carbocycles. The van der Waals surface area contributed by atoms with Gasteiger partial charge in [-0.2, -0.15) is 5.26 Å². The molecule has 19 heavy (non-hydrogen) atoms. The van der Waals surface area contributed by atoms with Gasteiger partial charge in [0.05, 0.1) is 11.5 Å². The van der Waals surface area contributed by atoms with Crippen molar-refractivity contribution in [2.75, 3.05) is 0 Å². The average Bonchev–Trinajstić information content (AvgIpc) is 2.40. The molecular weight excluding hydrogens is 258 g/mol. The summed E-state index contributed by atoms with van der Waals surface area (Å²) >= 11 is 6.01. The van der Waals surface area contributed by atoms with Gasteiger partial charge in [0.25, 0.3) is 0 Å². The highest BCUT2D eigenvalue weighted by Gasteiger charge is 2.50. The van der Waals surface area contributed by atoms with E-state index in [2.05, 4.69) is 13.0 Å². The largest absolute Gasteiger partial charge is 0.384 e. The van der Waals surface area contributed by atoms with Gasteiger partial charge in [0, 0.05) is 5.02 Å². The van der Waals surface area contributed by atoms with Crippen LogP contribution in [0, 0.1) is 22.7 Å². The van der Waals surface area contributed by atoms with E-state index in [0.29, 0.717) is 10.9 Å². The fourth-order valence-corrected chi connectivity index (χ4v) is 3.22. The van der Waals surface area contributed by atoms with Gasteiger partial charge in [-0.05, 0) is 56.2 Å². The molecule has 2 rings (SSSR count). The molecule has 0 bridgehead atoms. The highest BCUT2D eigenvalue weighted by Crippen LogP contribution is 2.50. The molecule has 1 aliphatic carbocycles. The molecule has 1 atom stereocenters. The Hall–Kier alpha value is -1.04. The minimum absolute atomic E-state index is 0.593. The highest BCUT2D eigenvalue weighted by molar-refractivity contribution is 6.30. The van der Waals surface area contributed by atoms with Crippen molar-refractivity contribution in [3.63, 3.8) is 0 Å². The summed E-state index contributed by atoms with van der Waals surface area (Å²) in [6, 6.07) is 9.62. The molecule has 1 aliphatic rings. The van der Waals surface area contributed by atoms with E-state index in [1.54, 1.807) is 19.1 Å². The lowest BCUT2D eigenvalue weighted by molar-refractivity contribution is -0.0686. The van der Waals surface area contributed by atoms with E-state index in [4.69, 9.17) is 11.6 Å². The maximum Gasteiger partial charge on any atom is 0.105 e. The summed E-state index contributed by atoms with van der Waals surface area (Å²) in [5.74, 6) is 0.636. The molecule has 0 amide bonds.